The van der Waals surface area contributed by atoms with Gasteiger partial charge < -0.3 is 10.6 Å². The Morgan fingerprint density at radius 3 is 2.72 bits per heavy atom. The summed E-state index contributed by atoms with van der Waals surface area (Å²) in [5, 5.41) is 3.85. The van der Waals surface area contributed by atoms with Gasteiger partial charge in [-0.25, -0.2) is 8.42 Å². The molecule has 0 unspecified atom stereocenters. The molecule has 0 saturated heterocycles. The van der Waals surface area contributed by atoms with E-state index < -0.39 is 9.84 Å². The summed E-state index contributed by atoms with van der Waals surface area (Å²) >= 11 is 0. The van der Waals surface area contributed by atoms with Crippen LogP contribution in [0.2, 0.25) is 0 Å². The molecule has 0 aliphatic rings. The number of nitrogens with zero attached hydrogens (tertiary/aromatic N) is 3. The Balaban J connectivity index is 2.63. The molecule has 1 aromatic heterocycles. The Morgan fingerprint density at radius 1 is 1.56 bits per heavy atom. The number of amides is 1. The Kier molecular flexibility index (Phi) is 4.85. The predicted molar refractivity (Wildman–Crippen MR) is 66.6 cm³/mol. The van der Waals surface area contributed by atoms with Gasteiger partial charge in [-0.1, -0.05) is 0 Å². The van der Waals surface area contributed by atoms with E-state index in [4.69, 9.17) is 5.73 Å². The van der Waals surface area contributed by atoms with Gasteiger partial charge in [-0.3, -0.25) is 9.48 Å². The van der Waals surface area contributed by atoms with E-state index in [-0.39, 0.29) is 17.3 Å². The van der Waals surface area contributed by atoms with Crippen LogP contribution in [0.4, 0.5) is 0 Å². The average Bonchev–Trinajstić information content (AvgIpc) is 2.73. The average molecular weight is 274 g/mol. The molecule has 0 fully saturated rings. The molecule has 0 saturated carbocycles. The SMILES string of the molecule is CN(CCCN)C(=O)Cn1cc(S(C)(=O)=O)cn1. The van der Waals surface area contributed by atoms with Crippen molar-refractivity contribution in [3.05, 3.63) is 12.4 Å². The Morgan fingerprint density at radius 2 is 2.22 bits per heavy atom. The summed E-state index contributed by atoms with van der Waals surface area (Å²) in [7, 11) is -1.60. The van der Waals surface area contributed by atoms with E-state index in [2.05, 4.69) is 5.10 Å². The highest BCUT2D eigenvalue weighted by molar-refractivity contribution is 7.90. The molecule has 0 aromatic carbocycles. The first kappa shape index (κ1) is 14.7. The molecule has 0 atom stereocenters. The number of aromatic nitrogens is 2. The van der Waals surface area contributed by atoms with Crippen molar-refractivity contribution in [1.82, 2.24) is 14.7 Å². The smallest absolute Gasteiger partial charge is 0.244 e. The maximum absolute atomic E-state index is 11.8. The molecule has 2 N–H and O–H groups in total. The van der Waals surface area contributed by atoms with Gasteiger partial charge in [0.25, 0.3) is 0 Å². The molecule has 0 spiro atoms. The van der Waals surface area contributed by atoms with Crippen molar-refractivity contribution in [3.63, 3.8) is 0 Å². The first-order valence-electron chi connectivity index (χ1n) is 5.51. The fraction of sp³-hybridized carbons (Fsp3) is 0.600. The van der Waals surface area contributed by atoms with Crippen LogP contribution in [0.5, 0.6) is 0 Å². The van der Waals surface area contributed by atoms with Crippen molar-refractivity contribution in [2.24, 2.45) is 5.73 Å². The van der Waals surface area contributed by atoms with E-state index >= 15 is 0 Å². The van der Waals surface area contributed by atoms with E-state index in [1.165, 1.54) is 17.1 Å². The molecule has 0 aliphatic carbocycles. The Bertz CT molecular complexity index is 509. The van der Waals surface area contributed by atoms with Gasteiger partial charge >= 0.3 is 0 Å². The van der Waals surface area contributed by atoms with Crippen LogP contribution in [0.15, 0.2) is 17.3 Å². The summed E-state index contributed by atoms with van der Waals surface area (Å²) in [6, 6.07) is 0. The lowest BCUT2D eigenvalue weighted by Gasteiger charge is -2.16. The molecule has 0 bridgehead atoms. The molecule has 102 valence electrons. The number of carbonyl (C=O) groups excluding carboxylic acids is 1. The van der Waals surface area contributed by atoms with E-state index in [0.717, 1.165) is 12.7 Å². The van der Waals surface area contributed by atoms with Crippen molar-refractivity contribution in [2.45, 2.75) is 17.9 Å². The maximum Gasteiger partial charge on any atom is 0.244 e. The number of rotatable bonds is 6. The van der Waals surface area contributed by atoms with Gasteiger partial charge in [0.2, 0.25) is 5.91 Å². The minimum atomic E-state index is -3.28. The minimum absolute atomic E-state index is 0.0244. The maximum atomic E-state index is 11.8. The minimum Gasteiger partial charge on any atom is -0.344 e. The summed E-state index contributed by atoms with van der Waals surface area (Å²) < 4.78 is 23.8. The van der Waals surface area contributed by atoms with Crippen LogP contribution in [0.1, 0.15) is 6.42 Å². The van der Waals surface area contributed by atoms with Crippen molar-refractivity contribution in [3.8, 4) is 0 Å². The van der Waals surface area contributed by atoms with Gasteiger partial charge in [0.15, 0.2) is 9.84 Å². The number of carbonyl (C=O) groups is 1. The number of sulfone groups is 1. The van der Waals surface area contributed by atoms with Crippen LogP contribution in [0, 0.1) is 0 Å². The molecule has 1 rings (SSSR count). The van der Waals surface area contributed by atoms with Crippen molar-refractivity contribution >= 4 is 15.7 Å². The van der Waals surface area contributed by atoms with Crippen LogP contribution >= 0.6 is 0 Å². The number of hydrogen-bond acceptors (Lipinski definition) is 5. The monoisotopic (exact) mass is 274 g/mol. The summed E-state index contributed by atoms with van der Waals surface area (Å²) in [6.45, 7) is 1.13. The molecular weight excluding hydrogens is 256 g/mol. The molecule has 0 radical (unpaired) electrons. The first-order valence-corrected chi connectivity index (χ1v) is 7.40. The normalized spacial score (nSPS) is 11.5. The second-order valence-corrected chi connectivity index (χ2v) is 6.12. The van der Waals surface area contributed by atoms with Gasteiger partial charge in [0.05, 0.1) is 6.20 Å². The fourth-order valence-corrected chi connectivity index (χ4v) is 1.89. The number of hydrogen-bond donors (Lipinski definition) is 1. The highest BCUT2D eigenvalue weighted by atomic mass is 32.2. The van der Waals surface area contributed by atoms with Crippen molar-refractivity contribution in [1.29, 1.82) is 0 Å². The van der Waals surface area contributed by atoms with Crippen molar-refractivity contribution < 1.29 is 13.2 Å². The lowest BCUT2D eigenvalue weighted by Crippen LogP contribution is -2.32. The third-order valence-electron chi connectivity index (χ3n) is 2.46. The fourth-order valence-electron chi connectivity index (χ4n) is 1.34. The topological polar surface area (TPSA) is 98.3 Å². The quantitative estimate of drug-likeness (QED) is 0.724. The van der Waals surface area contributed by atoms with Crippen molar-refractivity contribution in [2.75, 3.05) is 26.4 Å². The lowest BCUT2D eigenvalue weighted by atomic mass is 10.4. The zero-order chi connectivity index (χ0) is 13.8. The van der Waals surface area contributed by atoms with E-state index in [1.54, 1.807) is 11.9 Å². The summed E-state index contributed by atoms with van der Waals surface area (Å²) in [6.07, 6.45) is 4.42. The highest BCUT2D eigenvalue weighted by Gasteiger charge is 2.13. The van der Waals surface area contributed by atoms with Gasteiger partial charge in [-0.2, -0.15) is 5.10 Å². The van der Waals surface area contributed by atoms with E-state index in [1.807, 2.05) is 0 Å². The molecule has 0 aliphatic heterocycles. The summed E-state index contributed by atoms with van der Waals surface area (Å²) in [5.74, 6) is -0.133. The second-order valence-electron chi connectivity index (χ2n) is 4.10. The summed E-state index contributed by atoms with van der Waals surface area (Å²) in [4.78, 5) is 13.4. The second kappa shape index (κ2) is 5.96. The molecular formula is C10H18N4O3S. The van der Waals surface area contributed by atoms with Gasteiger partial charge in [0.1, 0.15) is 11.4 Å². The van der Waals surface area contributed by atoms with Crippen LogP contribution in [-0.4, -0.2) is 55.4 Å². The largest absolute Gasteiger partial charge is 0.344 e. The Labute approximate surface area is 106 Å². The predicted octanol–water partition coefficient (Wildman–Crippen LogP) is -0.906. The molecule has 18 heavy (non-hydrogen) atoms. The van der Waals surface area contributed by atoms with Gasteiger partial charge in [0, 0.05) is 26.0 Å². The van der Waals surface area contributed by atoms with Crippen LogP contribution in [-0.2, 0) is 21.2 Å². The zero-order valence-electron chi connectivity index (χ0n) is 10.5. The van der Waals surface area contributed by atoms with Gasteiger partial charge in [-0.15, -0.1) is 0 Å². The highest BCUT2D eigenvalue weighted by Crippen LogP contribution is 2.06. The zero-order valence-corrected chi connectivity index (χ0v) is 11.4. The number of nitrogens with two attached hydrogens (primary N) is 1. The molecule has 1 heterocycles. The van der Waals surface area contributed by atoms with Crippen LogP contribution in [0.3, 0.4) is 0 Å². The molecule has 1 amide bonds. The lowest BCUT2D eigenvalue weighted by molar-refractivity contribution is -0.130. The van der Waals surface area contributed by atoms with E-state index in [9.17, 15) is 13.2 Å². The third-order valence-corrected chi connectivity index (χ3v) is 3.53. The molecule has 1 aromatic rings. The summed E-state index contributed by atoms with van der Waals surface area (Å²) in [5.41, 5.74) is 5.36. The third kappa shape index (κ3) is 4.11. The van der Waals surface area contributed by atoms with Crippen LogP contribution in [0.25, 0.3) is 0 Å². The first-order chi connectivity index (χ1) is 8.34. The molecule has 7 nitrogen and oxygen atoms in total. The van der Waals surface area contributed by atoms with Gasteiger partial charge in [-0.05, 0) is 13.0 Å². The Hall–Kier alpha value is -1.41. The molecule has 8 heteroatoms. The van der Waals surface area contributed by atoms with E-state index in [0.29, 0.717) is 13.1 Å². The standard InChI is InChI=1S/C10H18N4O3S/c1-13(5-3-4-11)10(15)8-14-7-9(6-12-14)18(2,16)17/h6-7H,3-5,8,11H2,1-2H3. The number of likely N-dealkylation sites (N-methyl/N-ethyl adjacent to an activating group) is 1. The van der Waals surface area contributed by atoms with Crippen LogP contribution < -0.4 is 5.73 Å².